The van der Waals surface area contributed by atoms with Gasteiger partial charge in [0.25, 0.3) is 0 Å². The maximum atomic E-state index is 13.1. The molecule has 1 saturated heterocycles. The van der Waals surface area contributed by atoms with Gasteiger partial charge in [0.2, 0.25) is 5.91 Å². The van der Waals surface area contributed by atoms with Gasteiger partial charge in [-0.25, -0.2) is 9.18 Å². The van der Waals surface area contributed by atoms with Crippen molar-refractivity contribution in [3.05, 3.63) is 66.0 Å². The maximum Gasteiger partial charge on any atom is 0.319 e. The SMILES string of the molecule is O=C(Nc1ccccc1)N[C@@H](CCCCNC1C[C@H]1c1ccc(F)cc1)C(=O)N1CCCCC1. The number of hydrogen-bond donors (Lipinski definition) is 3. The fourth-order valence-electron chi connectivity index (χ4n) is 4.70. The van der Waals surface area contributed by atoms with Gasteiger partial charge >= 0.3 is 6.03 Å². The molecule has 6 nitrogen and oxygen atoms in total. The average Bonchev–Trinajstić information content (AvgIpc) is 3.64. The zero-order valence-electron chi connectivity index (χ0n) is 19.6. The molecule has 1 aliphatic heterocycles. The van der Waals surface area contributed by atoms with Crippen LogP contribution in [0.4, 0.5) is 14.9 Å². The number of hydrogen-bond acceptors (Lipinski definition) is 3. The Morgan fingerprint density at radius 2 is 1.71 bits per heavy atom. The molecule has 4 rings (SSSR count). The monoisotopic (exact) mass is 466 g/mol. The number of carbonyl (C=O) groups excluding carboxylic acids is 2. The number of carbonyl (C=O) groups is 2. The molecule has 7 heteroatoms. The second kappa shape index (κ2) is 12.0. The first-order valence-electron chi connectivity index (χ1n) is 12.5. The minimum Gasteiger partial charge on any atom is -0.341 e. The standard InChI is InChI=1S/C27H35FN4O2/c28-21-14-12-20(13-15-21)23-19-25(23)29-16-6-5-11-24(26(33)32-17-7-2-8-18-32)31-27(34)30-22-9-3-1-4-10-22/h1,3-4,9-10,12-15,23-25,29H,2,5-8,11,16-19H2,(H2,30,31,34)/t23-,24-,25?/m0/s1. The number of rotatable bonds is 10. The van der Waals surface area contributed by atoms with Crippen LogP contribution in [-0.2, 0) is 4.79 Å². The number of halogens is 1. The molecule has 2 aromatic carbocycles. The zero-order chi connectivity index (χ0) is 23.8. The lowest BCUT2D eigenvalue weighted by Crippen LogP contribution is -2.51. The Labute approximate surface area is 201 Å². The molecular formula is C27H35FN4O2. The molecule has 3 N–H and O–H groups in total. The lowest BCUT2D eigenvalue weighted by Gasteiger charge is -2.31. The smallest absolute Gasteiger partial charge is 0.319 e. The number of para-hydroxylation sites is 1. The second-order valence-corrected chi connectivity index (χ2v) is 9.35. The van der Waals surface area contributed by atoms with E-state index in [-0.39, 0.29) is 17.8 Å². The first kappa shape index (κ1) is 24.2. The summed E-state index contributed by atoms with van der Waals surface area (Å²) in [5.74, 6) is 0.278. The topological polar surface area (TPSA) is 73.5 Å². The van der Waals surface area contributed by atoms with Crippen LogP contribution in [-0.4, -0.2) is 48.6 Å². The summed E-state index contributed by atoms with van der Waals surface area (Å²) in [4.78, 5) is 27.6. The van der Waals surface area contributed by atoms with Crippen LogP contribution in [0.25, 0.3) is 0 Å². The van der Waals surface area contributed by atoms with Crippen LogP contribution in [0, 0.1) is 5.82 Å². The van der Waals surface area contributed by atoms with Gasteiger partial charge in [-0.2, -0.15) is 0 Å². The van der Waals surface area contributed by atoms with Crippen LogP contribution < -0.4 is 16.0 Å². The second-order valence-electron chi connectivity index (χ2n) is 9.35. The zero-order valence-corrected chi connectivity index (χ0v) is 19.6. The lowest BCUT2D eigenvalue weighted by atomic mass is 10.1. The van der Waals surface area contributed by atoms with E-state index < -0.39 is 6.04 Å². The Morgan fingerprint density at radius 3 is 2.44 bits per heavy atom. The summed E-state index contributed by atoms with van der Waals surface area (Å²) in [5.41, 5.74) is 1.88. The van der Waals surface area contributed by atoms with E-state index in [0.29, 0.717) is 24.1 Å². The first-order valence-corrected chi connectivity index (χ1v) is 12.5. The van der Waals surface area contributed by atoms with Crippen molar-refractivity contribution in [2.45, 2.75) is 62.9 Å². The third kappa shape index (κ3) is 7.03. The number of amides is 3. The van der Waals surface area contributed by atoms with Gasteiger partial charge in [0.1, 0.15) is 11.9 Å². The number of nitrogens with zero attached hydrogens (tertiary/aromatic N) is 1. The molecule has 0 spiro atoms. The van der Waals surface area contributed by atoms with Gasteiger partial charge in [-0.15, -0.1) is 0 Å². The number of anilines is 1. The van der Waals surface area contributed by atoms with Crippen LogP contribution in [0.2, 0.25) is 0 Å². The van der Waals surface area contributed by atoms with E-state index in [9.17, 15) is 14.0 Å². The lowest BCUT2D eigenvalue weighted by molar-refractivity contribution is -0.134. The fraction of sp³-hybridized carbons (Fsp3) is 0.481. The van der Waals surface area contributed by atoms with Gasteiger partial charge in [0, 0.05) is 30.7 Å². The molecular weight excluding hydrogens is 431 g/mol. The van der Waals surface area contributed by atoms with E-state index in [4.69, 9.17) is 0 Å². The number of benzene rings is 2. The van der Waals surface area contributed by atoms with Crippen molar-refractivity contribution in [3.8, 4) is 0 Å². The Balaban J connectivity index is 1.22. The highest BCUT2D eigenvalue weighted by Crippen LogP contribution is 2.40. The van der Waals surface area contributed by atoms with Gasteiger partial charge in [-0.05, 0) is 81.3 Å². The molecule has 1 saturated carbocycles. The van der Waals surface area contributed by atoms with Crippen LogP contribution >= 0.6 is 0 Å². The number of urea groups is 1. The third-order valence-corrected chi connectivity index (χ3v) is 6.72. The van der Waals surface area contributed by atoms with Crippen LogP contribution in [0.3, 0.4) is 0 Å². The Morgan fingerprint density at radius 1 is 0.971 bits per heavy atom. The number of piperidine rings is 1. The summed E-state index contributed by atoms with van der Waals surface area (Å²) in [6.45, 7) is 2.40. The molecule has 34 heavy (non-hydrogen) atoms. The highest BCUT2D eigenvalue weighted by Gasteiger charge is 2.37. The number of likely N-dealkylation sites (tertiary alicyclic amines) is 1. The van der Waals surface area contributed by atoms with Crippen molar-refractivity contribution < 1.29 is 14.0 Å². The van der Waals surface area contributed by atoms with Crippen molar-refractivity contribution in [2.24, 2.45) is 0 Å². The van der Waals surface area contributed by atoms with Crippen molar-refractivity contribution in [3.63, 3.8) is 0 Å². The quantitative estimate of drug-likeness (QED) is 0.447. The van der Waals surface area contributed by atoms with Crippen molar-refractivity contribution in [1.29, 1.82) is 0 Å². The average molecular weight is 467 g/mol. The third-order valence-electron chi connectivity index (χ3n) is 6.72. The fourth-order valence-corrected chi connectivity index (χ4v) is 4.70. The summed E-state index contributed by atoms with van der Waals surface area (Å²) in [6.07, 6.45) is 6.66. The summed E-state index contributed by atoms with van der Waals surface area (Å²) >= 11 is 0. The summed E-state index contributed by atoms with van der Waals surface area (Å²) in [7, 11) is 0. The van der Waals surface area contributed by atoms with Crippen molar-refractivity contribution in [2.75, 3.05) is 25.0 Å². The van der Waals surface area contributed by atoms with E-state index in [2.05, 4.69) is 16.0 Å². The Kier molecular flexibility index (Phi) is 8.52. The predicted molar refractivity (Wildman–Crippen MR) is 132 cm³/mol. The molecule has 0 radical (unpaired) electrons. The molecule has 0 aromatic heterocycles. The van der Waals surface area contributed by atoms with Crippen molar-refractivity contribution >= 4 is 17.6 Å². The van der Waals surface area contributed by atoms with E-state index in [0.717, 1.165) is 58.2 Å². The van der Waals surface area contributed by atoms with E-state index in [1.807, 2.05) is 47.4 Å². The van der Waals surface area contributed by atoms with Crippen LogP contribution in [0.15, 0.2) is 54.6 Å². The van der Waals surface area contributed by atoms with Crippen molar-refractivity contribution in [1.82, 2.24) is 15.5 Å². The van der Waals surface area contributed by atoms with Gasteiger partial charge in [-0.1, -0.05) is 30.3 Å². The maximum absolute atomic E-state index is 13.1. The molecule has 182 valence electrons. The molecule has 3 amide bonds. The Bertz CT molecular complexity index is 931. The van der Waals surface area contributed by atoms with Gasteiger partial charge < -0.3 is 20.9 Å². The first-order chi connectivity index (χ1) is 16.6. The molecule has 2 aromatic rings. The minimum absolute atomic E-state index is 0.0226. The molecule has 0 bridgehead atoms. The summed E-state index contributed by atoms with van der Waals surface area (Å²) in [5, 5.41) is 9.31. The van der Waals surface area contributed by atoms with E-state index >= 15 is 0 Å². The summed E-state index contributed by atoms with van der Waals surface area (Å²) in [6, 6.07) is 15.6. The largest absolute Gasteiger partial charge is 0.341 e. The molecule has 1 aliphatic carbocycles. The molecule has 1 unspecified atom stereocenters. The number of unbranched alkanes of at least 4 members (excludes halogenated alkanes) is 1. The van der Waals surface area contributed by atoms with Crippen LogP contribution in [0.5, 0.6) is 0 Å². The van der Waals surface area contributed by atoms with Gasteiger partial charge in [-0.3, -0.25) is 4.79 Å². The van der Waals surface area contributed by atoms with Gasteiger partial charge in [0.15, 0.2) is 0 Å². The molecule has 1 heterocycles. The predicted octanol–water partition coefficient (Wildman–Crippen LogP) is 4.64. The van der Waals surface area contributed by atoms with Crippen LogP contribution in [0.1, 0.15) is 56.4 Å². The molecule has 3 atom stereocenters. The van der Waals surface area contributed by atoms with Gasteiger partial charge in [0.05, 0.1) is 0 Å². The van der Waals surface area contributed by atoms with E-state index in [1.165, 1.54) is 17.7 Å². The normalized spacial score (nSPS) is 20.4. The highest BCUT2D eigenvalue weighted by molar-refractivity contribution is 5.93. The molecule has 2 aliphatic rings. The number of nitrogens with one attached hydrogen (secondary N) is 3. The minimum atomic E-state index is -0.519. The Hall–Kier alpha value is -2.93. The highest BCUT2D eigenvalue weighted by atomic mass is 19.1. The molecule has 2 fully saturated rings. The summed E-state index contributed by atoms with van der Waals surface area (Å²) < 4.78 is 13.1. The van der Waals surface area contributed by atoms with E-state index in [1.54, 1.807) is 0 Å².